The molecule has 0 radical (unpaired) electrons. The fourth-order valence-corrected chi connectivity index (χ4v) is 2.72. The average Bonchev–Trinajstić information content (AvgIpc) is 2.98. The molecular formula is C15H22N2OS. The maximum atomic E-state index is 5.69. The fourth-order valence-electron chi connectivity index (χ4n) is 1.97. The van der Waals surface area contributed by atoms with Crippen LogP contribution in [-0.2, 0) is 13.1 Å². The number of thiophene rings is 1. The van der Waals surface area contributed by atoms with Gasteiger partial charge in [0, 0.05) is 24.5 Å². The largest absolute Gasteiger partial charge is 0.465 e. The summed E-state index contributed by atoms with van der Waals surface area (Å²) >= 11 is 1.82. The molecule has 0 spiro atoms. The smallest absolute Gasteiger partial charge is 0.118 e. The molecule has 2 aromatic rings. The lowest BCUT2D eigenvalue weighted by atomic mass is 10.3. The number of furan rings is 1. The maximum Gasteiger partial charge on any atom is 0.118 e. The molecule has 19 heavy (non-hydrogen) atoms. The highest BCUT2D eigenvalue weighted by Crippen LogP contribution is 2.15. The standard InChI is InChI=1S/C15H22N2OS/c1-13-6-7-14(18-13)11-17(9-8-16(2)3)12-15-5-4-10-19-15/h4-7,10H,8-9,11-12H2,1-3H3. The summed E-state index contributed by atoms with van der Waals surface area (Å²) in [6, 6.07) is 8.42. The number of hydrogen-bond acceptors (Lipinski definition) is 4. The van der Waals surface area contributed by atoms with Gasteiger partial charge >= 0.3 is 0 Å². The molecule has 0 N–H and O–H groups in total. The van der Waals surface area contributed by atoms with E-state index in [1.54, 1.807) is 0 Å². The van der Waals surface area contributed by atoms with Crippen molar-refractivity contribution in [1.29, 1.82) is 0 Å². The predicted octanol–water partition coefficient (Wildman–Crippen LogP) is 3.21. The highest BCUT2D eigenvalue weighted by atomic mass is 32.1. The molecule has 3 nitrogen and oxygen atoms in total. The zero-order valence-electron chi connectivity index (χ0n) is 11.9. The van der Waals surface area contributed by atoms with Gasteiger partial charge in [-0.1, -0.05) is 6.07 Å². The summed E-state index contributed by atoms with van der Waals surface area (Å²) < 4.78 is 5.69. The fraction of sp³-hybridized carbons (Fsp3) is 0.467. The molecule has 0 unspecified atom stereocenters. The molecule has 2 aromatic heterocycles. The number of nitrogens with zero attached hydrogens (tertiary/aromatic N) is 2. The molecule has 104 valence electrons. The van der Waals surface area contributed by atoms with Crippen molar-refractivity contribution >= 4 is 11.3 Å². The Bertz CT molecular complexity index is 476. The van der Waals surface area contributed by atoms with Gasteiger partial charge < -0.3 is 9.32 Å². The molecule has 0 amide bonds. The molecule has 0 aliphatic rings. The third kappa shape index (κ3) is 4.82. The van der Waals surface area contributed by atoms with Gasteiger partial charge in [-0.05, 0) is 44.6 Å². The minimum atomic E-state index is 0.875. The topological polar surface area (TPSA) is 19.6 Å². The van der Waals surface area contributed by atoms with Crippen LogP contribution >= 0.6 is 11.3 Å². The third-order valence-electron chi connectivity index (χ3n) is 3.00. The van der Waals surface area contributed by atoms with Gasteiger partial charge in [0.05, 0.1) is 6.54 Å². The Morgan fingerprint density at radius 3 is 2.53 bits per heavy atom. The van der Waals surface area contributed by atoms with Crippen LogP contribution in [0.3, 0.4) is 0 Å². The molecule has 0 saturated heterocycles. The first-order valence-electron chi connectivity index (χ1n) is 6.58. The molecule has 0 aromatic carbocycles. The van der Waals surface area contributed by atoms with Gasteiger partial charge in [-0.25, -0.2) is 0 Å². The third-order valence-corrected chi connectivity index (χ3v) is 3.86. The van der Waals surface area contributed by atoms with Crippen LogP contribution in [0.4, 0.5) is 0 Å². The second-order valence-electron chi connectivity index (χ2n) is 5.11. The first-order chi connectivity index (χ1) is 9.13. The van der Waals surface area contributed by atoms with Crippen molar-refractivity contribution in [2.75, 3.05) is 27.2 Å². The van der Waals surface area contributed by atoms with E-state index in [2.05, 4.69) is 47.5 Å². The van der Waals surface area contributed by atoms with Crippen molar-refractivity contribution in [3.63, 3.8) is 0 Å². The van der Waals surface area contributed by atoms with Crippen LogP contribution in [0.15, 0.2) is 34.1 Å². The van der Waals surface area contributed by atoms with Crippen LogP contribution in [-0.4, -0.2) is 37.0 Å². The monoisotopic (exact) mass is 278 g/mol. The summed E-state index contributed by atoms with van der Waals surface area (Å²) in [7, 11) is 4.22. The zero-order chi connectivity index (χ0) is 13.7. The molecule has 0 aliphatic heterocycles. The summed E-state index contributed by atoms with van der Waals surface area (Å²) in [5, 5.41) is 2.14. The Morgan fingerprint density at radius 1 is 1.11 bits per heavy atom. The lowest BCUT2D eigenvalue weighted by molar-refractivity contribution is 0.211. The Balaban J connectivity index is 1.96. The minimum absolute atomic E-state index is 0.875. The molecule has 0 bridgehead atoms. The summed E-state index contributed by atoms with van der Waals surface area (Å²) in [5.74, 6) is 2.03. The lowest BCUT2D eigenvalue weighted by Gasteiger charge is -2.22. The number of likely N-dealkylation sites (N-methyl/N-ethyl adjacent to an activating group) is 1. The van der Waals surface area contributed by atoms with Crippen LogP contribution < -0.4 is 0 Å². The van der Waals surface area contributed by atoms with E-state index < -0.39 is 0 Å². The van der Waals surface area contributed by atoms with Crippen molar-refractivity contribution < 1.29 is 4.42 Å². The summed E-state index contributed by atoms with van der Waals surface area (Å²) in [6.45, 7) is 5.97. The van der Waals surface area contributed by atoms with Crippen LogP contribution in [0.5, 0.6) is 0 Å². The van der Waals surface area contributed by atoms with Gasteiger partial charge in [0.1, 0.15) is 11.5 Å². The number of aryl methyl sites for hydroxylation is 1. The first-order valence-corrected chi connectivity index (χ1v) is 7.46. The van der Waals surface area contributed by atoms with Crippen molar-refractivity contribution in [2.24, 2.45) is 0 Å². The lowest BCUT2D eigenvalue weighted by Crippen LogP contribution is -2.30. The molecule has 0 fully saturated rings. The van der Waals surface area contributed by atoms with E-state index in [9.17, 15) is 0 Å². The van der Waals surface area contributed by atoms with E-state index in [-0.39, 0.29) is 0 Å². The van der Waals surface area contributed by atoms with Gasteiger partial charge in [-0.15, -0.1) is 11.3 Å². The molecule has 2 heterocycles. The van der Waals surface area contributed by atoms with Crippen LogP contribution in [0.2, 0.25) is 0 Å². The molecule has 0 saturated carbocycles. The number of rotatable bonds is 7. The van der Waals surface area contributed by atoms with Gasteiger partial charge in [0.2, 0.25) is 0 Å². The van der Waals surface area contributed by atoms with Crippen molar-refractivity contribution in [3.8, 4) is 0 Å². The van der Waals surface area contributed by atoms with Crippen LogP contribution in [0.25, 0.3) is 0 Å². The average molecular weight is 278 g/mol. The second-order valence-corrected chi connectivity index (χ2v) is 6.14. The summed E-state index contributed by atoms with van der Waals surface area (Å²) in [6.07, 6.45) is 0. The Labute approximate surface area is 119 Å². The normalized spacial score (nSPS) is 11.6. The second kappa shape index (κ2) is 6.89. The van der Waals surface area contributed by atoms with E-state index in [1.807, 2.05) is 24.3 Å². The summed E-state index contributed by atoms with van der Waals surface area (Å²) in [5.41, 5.74) is 0. The Kier molecular flexibility index (Phi) is 5.19. The van der Waals surface area contributed by atoms with E-state index in [0.717, 1.165) is 37.7 Å². The molecule has 4 heteroatoms. The molecular weight excluding hydrogens is 256 g/mol. The molecule has 0 aliphatic carbocycles. The Morgan fingerprint density at radius 2 is 1.95 bits per heavy atom. The first kappa shape index (κ1) is 14.3. The van der Waals surface area contributed by atoms with E-state index >= 15 is 0 Å². The maximum absolute atomic E-state index is 5.69. The quantitative estimate of drug-likeness (QED) is 0.775. The van der Waals surface area contributed by atoms with Crippen molar-refractivity contribution in [1.82, 2.24) is 9.80 Å². The Hall–Kier alpha value is -1.10. The van der Waals surface area contributed by atoms with Crippen molar-refractivity contribution in [3.05, 3.63) is 46.0 Å². The summed E-state index contributed by atoms with van der Waals surface area (Å²) in [4.78, 5) is 6.06. The van der Waals surface area contributed by atoms with Gasteiger partial charge in [-0.3, -0.25) is 4.90 Å². The van der Waals surface area contributed by atoms with E-state index in [4.69, 9.17) is 4.42 Å². The van der Waals surface area contributed by atoms with Crippen molar-refractivity contribution in [2.45, 2.75) is 20.0 Å². The van der Waals surface area contributed by atoms with E-state index in [1.165, 1.54) is 4.88 Å². The number of hydrogen-bond donors (Lipinski definition) is 0. The highest BCUT2D eigenvalue weighted by Gasteiger charge is 2.10. The van der Waals surface area contributed by atoms with E-state index in [0.29, 0.717) is 0 Å². The van der Waals surface area contributed by atoms with Gasteiger partial charge in [0.15, 0.2) is 0 Å². The highest BCUT2D eigenvalue weighted by molar-refractivity contribution is 7.09. The minimum Gasteiger partial charge on any atom is -0.465 e. The SMILES string of the molecule is Cc1ccc(CN(CCN(C)C)Cc2cccs2)o1. The zero-order valence-corrected chi connectivity index (χ0v) is 12.7. The van der Waals surface area contributed by atoms with Gasteiger partial charge in [-0.2, -0.15) is 0 Å². The van der Waals surface area contributed by atoms with Crippen LogP contribution in [0, 0.1) is 6.92 Å². The van der Waals surface area contributed by atoms with Gasteiger partial charge in [0.25, 0.3) is 0 Å². The molecule has 2 rings (SSSR count). The van der Waals surface area contributed by atoms with Crippen LogP contribution in [0.1, 0.15) is 16.4 Å². The molecule has 0 atom stereocenters. The predicted molar refractivity (Wildman–Crippen MR) is 80.4 cm³/mol.